The van der Waals surface area contributed by atoms with Gasteiger partial charge >= 0.3 is 0 Å². The molecule has 26 heavy (non-hydrogen) atoms. The summed E-state index contributed by atoms with van der Waals surface area (Å²) in [6.45, 7) is 1.93. The SMILES string of the molecule is CNC(=O)C1=C(C)Nc2nc3ccccc3n2[C@@H]1c1ccc(SC)cc1. The minimum absolute atomic E-state index is 0.0858. The fraction of sp³-hybridized carbons (Fsp3) is 0.200. The third-order valence-electron chi connectivity index (χ3n) is 4.73. The van der Waals surface area contributed by atoms with Crippen molar-refractivity contribution in [2.75, 3.05) is 18.6 Å². The third kappa shape index (κ3) is 2.57. The molecule has 0 fully saturated rings. The van der Waals surface area contributed by atoms with Crippen LogP contribution >= 0.6 is 11.8 Å². The third-order valence-corrected chi connectivity index (χ3v) is 5.48. The molecule has 4 rings (SSSR count). The van der Waals surface area contributed by atoms with Crippen LogP contribution in [0.15, 0.2) is 64.7 Å². The van der Waals surface area contributed by atoms with Crippen molar-refractivity contribution in [3.05, 3.63) is 65.4 Å². The van der Waals surface area contributed by atoms with Crippen LogP contribution in [0, 0.1) is 0 Å². The maximum atomic E-state index is 12.7. The highest BCUT2D eigenvalue weighted by atomic mass is 32.2. The van der Waals surface area contributed by atoms with Crippen LogP contribution in [-0.4, -0.2) is 28.8 Å². The lowest BCUT2D eigenvalue weighted by molar-refractivity contribution is -0.117. The van der Waals surface area contributed by atoms with Crippen LogP contribution in [0.2, 0.25) is 0 Å². The van der Waals surface area contributed by atoms with Gasteiger partial charge in [0.05, 0.1) is 22.6 Å². The van der Waals surface area contributed by atoms with Crippen LogP contribution in [0.4, 0.5) is 5.95 Å². The number of aromatic nitrogens is 2. The Bertz CT molecular complexity index is 1020. The molecular weight excluding hydrogens is 344 g/mol. The summed E-state index contributed by atoms with van der Waals surface area (Å²) in [5, 5.41) is 6.09. The number of thioether (sulfide) groups is 1. The number of carbonyl (C=O) groups is 1. The van der Waals surface area contributed by atoms with E-state index in [0.717, 1.165) is 28.2 Å². The maximum Gasteiger partial charge on any atom is 0.251 e. The molecule has 1 aliphatic rings. The first-order valence-corrected chi connectivity index (χ1v) is 9.67. The van der Waals surface area contributed by atoms with Crippen molar-refractivity contribution < 1.29 is 4.79 Å². The van der Waals surface area contributed by atoms with E-state index in [1.165, 1.54) is 4.90 Å². The summed E-state index contributed by atoms with van der Waals surface area (Å²) < 4.78 is 2.11. The van der Waals surface area contributed by atoms with Gasteiger partial charge in [-0.3, -0.25) is 9.36 Å². The summed E-state index contributed by atoms with van der Waals surface area (Å²) in [5.74, 6) is 0.674. The van der Waals surface area contributed by atoms with E-state index in [0.29, 0.717) is 5.57 Å². The number of hydrogen-bond donors (Lipinski definition) is 2. The molecule has 1 aromatic heterocycles. The van der Waals surface area contributed by atoms with Crippen molar-refractivity contribution in [1.29, 1.82) is 0 Å². The van der Waals surface area contributed by atoms with E-state index < -0.39 is 0 Å². The first-order valence-electron chi connectivity index (χ1n) is 8.45. The van der Waals surface area contributed by atoms with Crippen molar-refractivity contribution in [3.8, 4) is 0 Å². The summed E-state index contributed by atoms with van der Waals surface area (Å²) in [4.78, 5) is 18.6. The second-order valence-electron chi connectivity index (χ2n) is 6.21. The second-order valence-corrected chi connectivity index (χ2v) is 7.09. The fourth-order valence-corrected chi connectivity index (χ4v) is 3.90. The standard InChI is InChI=1S/C20H20N4OS/c1-12-17(19(25)21-2)18(13-8-10-14(26-3)11-9-13)24-16-7-5-4-6-15(16)23-20(24)22-12/h4-11,18H,1-3H3,(H,21,25)(H,22,23)/t18-/m1/s1. The van der Waals surface area contributed by atoms with E-state index in [1.54, 1.807) is 18.8 Å². The number of benzene rings is 2. The van der Waals surface area contributed by atoms with E-state index in [1.807, 2.05) is 31.2 Å². The number of rotatable bonds is 3. The zero-order valence-electron chi connectivity index (χ0n) is 14.9. The predicted octanol–water partition coefficient (Wildman–Crippen LogP) is 3.79. The molecule has 1 amide bonds. The van der Waals surface area contributed by atoms with Gasteiger partial charge in [-0.2, -0.15) is 0 Å². The molecule has 6 heteroatoms. The van der Waals surface area contributed by atoms with Gasteiger partial charge in [-0.05, 0) is 43.0 Å². The number of nitrogens with one attached hydrogen (secondary N) is 2. The Labute approximate surface area is 156 Å². The molecule has 3 aromatic rings. The minimum atomic E-state index is -0.227. The molecule has 2 aromatic carbocycles. The molecule has 0 bridgehead atoms. The van der Waals surface area contributed by atoms with E-state index in [-0.39, 0.29) is 11.9 Å². The number of amides is 1. The second kappa shape index (κ2) is 6.53. The largest absolute Gasteiger partial charge is 0.355 e. The molecule has 0 radical (unpaired) electrons. The molecule has 2 heterocycles. The monoisotopic (exact) mass is 364 g/mol. The number of hydrogen-bond acceptors (Lipinski definition) is 4. The molecule has 0 saturated heterocycles. The fourth-order valence-electron chi connectivity index (χ4n) is 3.49. The molecule has 5 nitrogen and oxygen atoms in total. The van der Waals surface area contributed by atoms with Crippen LogP contribution in [0.25, 0.3) is 11.0 Å². The van der Waals surface area contributed by atoms with Gasteiger partial charge in [-0.1, -0.05) is 24.3 Å². The molecule has 0 spiro atoms. The summed E-state index contributed by atoms with van der Waals surface area (Å²) in [5.41, 5.74) is 4.51. The molecule has 2 N–H and O–H groups in total. The highest BCUT2D eigenvalue weighted by Crippen LogP contribution is 2.39. The van der Waals surface area contributed by atoms with Crippen LogP contribution in [0.1, 0.15) is 18.5 Å². The lowest BCUT2D eigenvalue weighted by Crippen LogP contribution is -2.33. The van der Waals surface area contributed by atoms with Gasteiger partial charge in [-0.15, -0.1) is 11.8 Å². The number of allylic oxidation sites excluding steroid dienone is 1. The predicted molar refractivity (Wildman–Crippen MR) is 106 cm³/mol. The van der Waals surface area contributed by atoms with E-state index >= 15 is 0 Å². The highest BCUT2D eigenvalue weighted by Gasteiger charge is 2.33. The van der Waals surface area contributed by atoms with Crippen LogP contribution in [0.3, 0.4) is 0 Å². The van der Waals surface area contributed by atoms with Gasteiger partial charge in [0, 0.05) is 17.6 Å². The smallest absolute Gasteiger partial charge is 0.251 e. The average molecular weight is 364 g/mol. The number of nitrogens with zero attached hydrogens (tertiary/aromatic N) is 2. The zero-order chi connectivity index (χ0) is 18.3. The minimum Gasteiger partial charge on any atom is -0.355 e. The lowest BCUT2D eigenvalue weighted by Gasteiger charge is -2.30. The Morgan fingerprint density at radius 1 is 1.19 bits per heavy atom. The number of likely N-dealkylation sites (N-methyl/N-ethyl adjacent to an activating group) is 1. The van der Waals surface area contributed by atoms with Gasteiger partial charge in [0.1, 0.15) is 0 Å². The van der Waals surface area contributed by atoms with Crippen molar-refractivity contribution in [2.24, 2.45) is 0 Å². The number of para-hydroxylation sites is 2. The lowest BCUT2D eigenvalue weighted by atomic mass is 9.94. The number of imidazole rings is 1. The normalized spacial score (nSPS) is 16.3. The average Bonchev–Trinajstić information content (AvgIpc) is 3.04. The van der Waals surface area contributed by atoms with E-state index in [2.05, 4.69) is 45.7 Å². The summed E-state index contributed by atoms with van der Waals surface area (Å²) in [7, 11) is 1.66. The van der Waals surface area contributed by atoms with Gasteiger partial charge < -0.3 is 10.6 Å². The van der Waals surface area contributed by atoms with E-state index in [9.17, 15) is 4.79 Å². The summed E-state index contributed by atoms with van der Waals surface area (Å²) >= 11 is 1.70. The quantitative estimate of drug-likeness (QED) is 0.694. The van der Waals surface area contributed by atoms with Crippen molar-refractivity contribution in [1.82, 2.24) is 14.9 Å². The summed E-state index contributed by atoms with van der Waals surface area (Å²) in [6.07, 6.45) is 2.06. The molecule has 1 atom stereocenters. The Morgan fingerprint density at radius 3 is 2.62 bits per heavy atom. The Balaban J connectivity index is 1.97. The molecule has 0 unspecified atom stereocenters. The number of fused-ring (bicyclic) bond motifs is 3. The first kappa shape index (κ1) is 16.7. The van der Waals surface area contributed by atoms with Crippen LogP contribution in [0.5, 0.6) is 0 Å². The molecule has 132 valence electrons. The van der Waals surface area contributed by atoms with Crippen molar-refractivity contribution in [3.63, 3.8) is 0 Å². The van der Waals surface area contributed by atoms with Crippen LogP contribution < -0.4 is 10.6 Å². The number of anilines is 1. The maximum absolute atomic E-state index is 12.7. The van der Waals surface area contributed by atoms with Gasteiger partial charge in [-0.25, -0.2) is 4.98 Å². The Hall–Kier alpha value is -2.73. The van der Waals surface area contributed by atoms with Crippen molar-refractivity contribution >= 4 is 34.7 Å². The van der Waals surface area contributed by atoms with Crippen LogP contribution in [-0.2, 0) is 4.79 Å². The zero-order valence-corrected chi connectivity index (χ0v) is 15.7. The first-order chi connectivity index (χ1) is 12.6. The summed E-state index contributed by atoms with van der Waals surface area (Å²) in [6, 6.07) is 16.2. The van der Waals surface area contributed by atoms with Crippen molar-refractivity contribution in [2.45, 2.75) is 17.9 Å². The van der Waals surface area contributed by atoms with Gasteiger partial charge in [0.25, 0.3) is 5.91 Å². The highest BCUT2D eigenvalue weighted by molar-refractivity contribution is 7.98. The molecule has 0 saturated carbocycles. The number of carbonyl (C=O) groups excluding carboxylic acids is 1. The Morgan fingerprint density at radius 2 is 1.92 bits per heavy atom. The van der Waals surface area contributed by atoms with Gasteiger partial charge in [0.15, 0.2) is 0 Å². The van der Waals surface area contributed by atoms with E-state index in [4.69, 9.17) is 4.98 Å². The molecule has 1 aliphatic heterocycles. The topological polar surface area (TPSA) is 59.0 Å². The molecule has 0 aliphatic carbocycles. The molecular formula is C20H20N4OS. The Kier molecular flexibility index (Phi) is 4.20. The van der Waals surface area contributed by atoms with Gasteiger partial charge in [0.2, 0.25) is 5.95 Å².